The van der Waals surface area contributed by atoms with Crippen molar-refractivity contribution in [3.8, 4) is 11.3 Å². The molecule has 1 aliphatic carbocycles. The van der Waals surface area contributed by atoms with Gasteiger partial charge in [-0.05, 0) is 25.0 Å². The zero-order valence-electron chi connectivity index (χ0n) is 10.7. The Kier molecular flexibility index (Phi) is 2.37. The van der Waals surface area contributed by atoms with Crippen LogP contribution in [0.25, 0.3) is 16.9 Å². The summed E-state index contributed by atoms with van der Waals surface area (Å²) in [4.78, 5) is 4.44. The summed E-state index contributed by atoms with van der Waals surface area (Å²) in [6.45, 7) is 0. The second-order valence-corrected chi connectivity index (χ2v) is 5.17. The Morgan fingerprint density at radius 2 is 1.84 bits per heavy atom. The van der Waals surface area contributed by atoms with Gasteiger partial charge in [-0.15, -0.1) is 0 Å². The SMILES string of the molecule is c1ccc(-c2cnc3ccc(C4CCC4)nn23)cc1. The molecule has 19 heavy (non-hydrogen) atoms. The third-order valence-electron chi connectivity index (χ3n) is 3.98. The van der Waals surface area contributed by atoms with Crippen molar-refractivity contribution >= 4 is 5.65 Å². The molecule has 0 amide bonds. The fourth-order valence-corrected chi connectivity index (χ4v) is 2.61. The fourth-order valence-electron chi connectivity index (χ4n) is 2.61. The molecule has 3 aromatic rings. The van der Waals surface area contributed by atoms with E-state index in [0.29, 0.717) is 5.92 Å². The maximum atomic E-state index is 4.79. The Morgan fingerprint density at radius 3 is 2.58 bits per heavy atom. The van der Waals surface area contributed by atoms with Crippen LogP contribution in [0.4, 0.5) is 0 Å². The Morgan fingerprint density at radius 1 is 1.00 bits per heavy atom. The summed E-state index contributed by atoms with van der Waals surface area (Å²) in [5.74, 6) is 0.649. The first-order valence-electron chi connectivity index (χ1n) is 6.82. The average Bonchev–Trinajstić information content (AvgIpc) is 2.81. The van der Waals surface area contributed by atoms with E-state index >= 15 is 0 Å². The number of benzene rings is 1. The zero-order chi connectivity index (χ0) is 12.7. The van der Waals surface area contributed by atoms with Crippen molar-refractivity contribution in [3.63, 3.8) is 0 Å². The van der Waals surface area contributed by atoms with Crippen LogP contribution in [-0.4, -0.2) is 14.6 Å². The van der Waals surface area contributed by atoms with Gasteiger partial charge in [-0.1, -0.05) is 36.8 Å². The van der Waals surface area contributed by atoms with E-state index < -0.39 is 0 Å². The second kappa shape index (κ2) is 4.19. The highest BCUT2D eigenvalue weighted by Crippen LogP contribution is 2.35. The highest BCUT2D eigenvalue weighted by molar-refractivity contribution is 5.62. The van der Waals surface area contributed by atoms with Crippen molar-refractivity contribution in [1.82, 2.24) is 14.6 Å². The molecular weight excluding hydrogens is 234 g/mol. The highest BCUT2D eigenvalue weighted by Gasteiger charge is 2.21. The third-order valence-corrected chi connectivity index (χ3v) is 3.98. The molecule has 0 N–H and O–H groups in total. The quantitative estimate of drug-likeness (QED) is 0.693. The maximum absolute atomic E-state index is 4.79. The van der Waals surface area contributed by atoms with E-state index in [9.17, 15) is 0 Å². The molecule has 0 unspecified atom stereocenters. The molecule has 0 spiro atoms. The highest BCUT2D eigenvalue weighted by atomic mass is 15.3. The molecule has 1 saturated carbocycles. The predicted molar refractivity (Wildman–Crippen MR) is 75.0 cm³/mol. The first-order chi connectivity index (χ1) is 9.42. The zero-order valence-corrected chi connectivity index (χ0v) is 10.7. The van der Waals surface area contributed by atoms with E-state index in [1.54, 1.807) is 0 Å². The van der Waals surface area contributed by atoms with Gasteiger partial charge in [0.1, 0.15) is 0 Å². The second-order valence-electron chi connectivity index (χ2n) is 5.17. The van der Waals surface area contributed by atoms with Crippen molar-refractivity contribution in [2.24, 2.45) is 0 Å². The van der Waals surface area contributed by atoms with Gasteiger partial charge in [0.2, 0.25) is 0 Å². The number of fused-ring (bicyclic) bond motifs is 1. The molecule has 3 nitrogen and oxygen atoms in total. The number of rotatable bonds is 2. The summed E-state index contributed by atoms with van der Waals surface area (Å²) in [5, 5.41) is 4.79. The summed E-state index contributed by atoms with van der Waals surface area (Å²) < 4.78 is 1.98. The molecule has 0 atom stereocenters. The molecule has 1 aromatic carbocycles. The van der Waals surface area contributed by atoms with Crippen molar-refractivity contribution in [2.45, 2.75) is 25.2 Å². The summed E-state index contributed by atoms with van der Waals surface area (Å²) in [7, 11) is 0. The Labute approximate surface area is 111 Å². The molecule has 0 radical (unpaired) electrons. The van der Waals surface area contributed by atoms with Gasteiger partial charge >= 0.3 is 0 Å². The number of imidazole rings is 1. The number of hydrogen-bond donors (Lipinski definition) is 0. The smallest absolute Gasteiger partial charge is 0.154 e. The lowest BCUT2D eigenvalue weighted by Gasteiger charge is -2.24. The molecule has 94 valence electrons. The lowest BCUT2D eigenvalue weighted by atomic mass is 9.83. The van der Waals surface area contributed by atoms with Crippen molar-refractivity contribution in [1.29, 1.82) is 0 Å². The van der Waals surface area contributed by atoms with E-state index in [1.165, 1.54) is 25.0 Å². The topological polar surface area (TPSA) is 30.2 Å². The lowest BCUT2D eigenvalue weighted by molar-refractivity contribution is 0.407. The van der Waals surface area contributed by atoms with Crippen LogP contribution in [0.3, 0.4) is 0 Å². The molecular formula is C16H15N3. The van der Waals surface area contributed by atoms with Gasteiger partial charge < -0.3 is 0 Å². The van der Waals surface area contributed by atoms with Crippen LogP contribution in [0.2, 0.25) is 0 Å². The Hall–Kier alpha value is -2.16. The van der Waals surface area contributed by atoms with Crippen LogP contribution in [0.15, 0.2) is 48.7 Å². The van der Waals surface area contributed by atoms with Crippen molar-refractivity contribution in [3.05, 3.63) is 54.4 Å². The molecule has 3 heteroatoms. The first kappa shape index (κ1) is 10.7. The minimum absolute atomic E-state index is 0.649. The van der Waals surface area contributed by atoms with Gasteiger partial charge in [0, 0.05) is 11.5 Å². The molecule has 1 fully saturated rings. The van der Waals surface area contributed by atoms with Crippen LogP contribution < -0.4 is 0 Å². The fraction of sp³-hybridized carbons (Fsp3) is 0.250. The molecule has 0 saturated heterocycles. The van der Waals surface area contributed by atoms with Crippen LogP contribution in [0, 0.1) is 0 Å². The molecule has 2 heterocycles. The van der Waals surface area contributed by atoms with Crippen LogP contribution in [0.5, 0.6) is 0 Å². The van der Waals surface area contributed by atoms with Crippen LogP contribution in [-0.2, 0) is 0 Å². The van der Waals surface area contributed by atoms with E-state index in [4.69, 9.17) is 5.10 Å². The minimum Gasteiger partial charge on any atom is -0.235 e. The normalized spacial score (nSPS) is 15.6. The van der Waals surface area contributed by atoms with Gasteiger partial charge in [-0.25, -0.2) is 9.50 Å². The molecule has 4 rings (SSSR count). The monoisotopic (exact) mass is 249 g/mol. The molecule has 2 aromatic heterocycles. The minimum atomic E-state index is 0.649. The first-order valence-corrected chi connectivity index (χ1v) is 6.82. The Bertz CT molecular complexity index is 711. The predicted octanol–water partition coefficient (Wildman–Crippen LogP) is 3.66. The summed E-state index contributed by atoms with van der Waals surface area (Å²) in [6.07, 6.45) is 5.78. The van der Waals surface area contributed by atoms with Crippen molar-refractivity contribution in [2.75, 3.05) is 0 Å². The molecule has 1 aliphatic rings. The van der Waals surface area contributed by atoms with Crippen molar-refractivity contribution < 1.29 is 0 Å². The summed E-state index contributed by atoms with van der Waals surface area (Å²) in [5.41, 5.74) is 4.35. The summed E-state index contributed by atoms with van der Waals surface area (Å²) >= 11 is 0. The van der Waals surface area contributed by atoms with E-state index in [-0.39, 0.29) is 0 Å². The van der Waals surface area contributed by atoms with Gasteiger partial charge in [0.15, 0.2) is 5.65 Å². The summed E-state index contributed by atoms with van der Waals surface area (Å²) in [6, 6.07) is 14.5. The largest absolute Gasteiger partial charge is 0.235 e. The number of hydrogen-bond acceptors (Lipinski definition) is 2. The van der Waals surface area contributed by atoms with E-state index in [1.807, 2.05) is 28.9 Å². The number of nitrogens with zero attached hydrogens (tertiary/aromatic N) is 3. The average molecular weight is 249 g/mol. The lowest BCUT2D eigenvalue weighted by Crippen LogP contribution is -2.12. The van der Waals surface area contributed by atoms with Gasteiger partial charge in [-0.2, -0.15) is 5.10 Å². The van der Waals surface area contributed by atoms with Gasteiger partial charge in [-0.3, -0.25) is 0 Å². The van der Waals surface area contributed by atoms with Crippen LogP contribution in [0.1, 0.15) is 30.9 Å². The molecule has 0 bridgehead atoms. The van der Waals surface area contributed by atoms with E-state index in [0.717, 1.165) is 16.9 Å². The molecule has 0 aliphatic heterocycles. The van der Waals surface area contributed by atoms with E-state index in [2.05, 4.69) is 29.2 Å². The van der Waals surface area contributed by atoms with Gasteiger partial charge in [0.25, 0.3) is 0 Å². The maximum Gasteiger partial charge on any atom is 0.154 e. The standard InChI is InChI=1S/C16H15N3/c1-2-5-13(6-3-1)15-11-17-16-10-9-14(18-19(15)16)12-7-4-8-12/h1-3,5-6,9-12H,4,7-8H2. The Balaban J connectivity index is 1.87. The van der Waals surface area contributed by atoms with Gasteiger partial charge in [0.05, 0.1) is 17.6 Å². The third kappa shape index (κ3) is 1.73. The van der Waals surface area contributed by atoms with Crippen LogP contribution >= 0.6 is 0 Å². The number of aromatic nitrogens is 3.